The number of hydrogen-bond donors (Lipinski definition) is 0. The third-order valence-electron chi connectivity index (χ3n) is 4.03. The average molecular weight is 342 g/mol. The third kappa shape index (κ3) is 3.39. The van der Waals surface area contributed by atoms with Crippen LogP contribution in [0.15, 0.2) is 59.0 Å². The molecule has 4 heteroatoms. The van der Waals surface area contributed by atoms with Crippen molar-refractivity contribution in [2.45, 2.75) is 30.8 Å². The van der Waals surface area contributed by atoms with Gasteiger partial charge in [-0.25, -0.2) is 9.18 Å². The SMILES string of the molecule is CSc1ccc(/C(=C2\CC(C)(C)OC2=O)c2ccc(F)cc2)cc1. The molecule has 2 aromatic carbocycles. The molecule has 0 unspecified atom stereocenters. The highest BCUT2D eigenvalue weighted by atomic mass is 32.2. The van der Waals surface area contributed by atoms with Gasteiger partial charge in [0.1, 0.15) is 11.4 Å². The maximum Gasteiger partial charge on any atom is 0.335 e. The van der Waals surface area contributed by atoms with Gasteiger partial charge in [-0.2, -0.15) is 0 Å². The van der Waals surface area contributed by atoms with Crippen LogP contribution < -0.4 is 0 Å². The van der Waals surface area contributed by atoms with Gasteiger partial charge in [0, 0.05) is 16.9 Å². The van der Waals surface area contributed by atoms with Crippen molar-refractivity contribution < 1.29 is 13.9 Å². The van der Waals surface area contributed by atoms with Gasteiger partial charge in [0.05, 0.1) is 0 Å². The Morgan fingerprint density at radius 1 is 1.04 bits per heavy atom. The molecule has 2 aromatic rings. The molecule has 0 N–H and O–H groups in total. The van der Waals surface area contributed by atoms with Crippen LogP contribution in [-0.4, -0.2) is 17.8 Å². The van der Waals surface area contributed by atoms with Crippen LogP contribution >= 0.6 is 11.8 Å². The number of thioether (sulfide) groups is 1. The Morgan fingerprint density at radius 3 is 2.04 bits per heavy atom. The van der Waals surface area contributed by atoms with Crippen LogP contribution in [0.2, 0.25) is 0 Å². The van der Waals surface area contributed by atoms with Gasteiger partial charge < -0.3 is 4.74 Å². The van der Waals surface area contributed by atoms with Crippen LogP contribution in [0.3, 0.4) is 0 Å². The van der Waals surface area contributed by atoms with Gasteiger partial charge in [0.15, 0.2) is 0 Å². The van der Waals surface area contributed by atoms with Gasteiger partial charge in [0.2, 0.25) is 0 Å². The molecular formula is C20H19FO2S. The van der Waals surface area contributed by atoms with E-state index >= 15 is 0 Å². The Hall–Kier alpha value is -2.07. The molecule has 24 heavy (non-hydrogen) atoms. The second kappa shape index (κ2) is 6.44. The number of cyclic esters (lactones) is 1. The summed E-state index contributed by atoms with van der Waals surface area (Å²) >= 11 is 1.66. The molecule has 0 aliphatic carbocycles. The smallest absolute Gasteiger partial charge is 0.335 e. The number of esters is 1. The van der Waals surface area contributed by atoms with E-state index in [1.807, 2.05) is 44.4 Å². The summed E-state index contributed by atoms with van der Waals surface area (Å²) in [5, 5.41) is 0. The fourth-order valence-electron chi connectivity index (χ4n) is 2.93. The first kappa shape index (κ1) is 16.8. The lowest BCUT2D eigenvalue weighted by Gasteiger charge is -2.14. The van der Waals surface area contributed by atoms with E-state index in [1.165, 1.54) is 12.1 Å². The lowest BCUT2D eigenvalue weighted by atomic mass is 9.89. The van der Waals surface area contributed by atoms with Gasteiger partial charge in [-0.1, -0.05) is 24.3 Å². The molecular weight excluding hydrogens is 323 g/mol. The van der Waals surface area contributed by atoms with Crippen molar-refractivity contribution in [1.82, 2.24) is 0 Å². The van der Waals surface area contributed by atoms with Crippen LogP contribution in [-0.2, 0) is 9.53 Å². The van der Waals surface area contributed by atoms with E-state index in [0.717, 1.165) is 21.6 Å². The molecule has 0 aromatic heterocycles. The summed E-state index contributed by atoms with van der Waals surface area (Å²) in [6.45, 7) is 3.80. The Bertz CT molecular complexity index is 789. The first-order valence-corrected chi connectivity index (χ1v) is 8.99. The number of halogens is 1. The molecule has 0 atom stereocenters. The van der Waals surface area contributed by atoms with Crippen molar-refractivity contribution in [1.29, 1.82) is 0 Å². The molecule has 0 saturated carbocycles. The molecule has 1 fully saturated rings. The molecule has 1 aliphatic rings. The molecule has 0 amide bonds. The molecule has 1 heterocycles. The van der Waals surface area contributed by atoms with Gasteiger partial charge in [0.25, 0.3) is 0 Å². The summed E-state index contributed by atoms with van der Waals surface area (Å²) in [5.41, 5.74) is 2.69. The van der Waals surface area contributed by atoms with E-state index in [0.29, 0.717) is 12.0 Å². The van der Waals surface area contributed by atoms with Gasteiger partial charge in [-0.05, 0) is 61.1 Å². The third-order valence-corrected chi connectivity index (χ3v) is 4.77. The molecule has 0 radical (unpaired) electrons. The Labute approximate surface area is 145 Å². The quantitative estimate of drug-likeness (QED) is 0.442. The van der Waals surface area contributed by atoms with Crippen molar-refractivity contribution in [2.24, 2.45) is 0 Å². The number of carbonyl (C=O) groups is 1. The maximum atomic E-state index is 13.3. The fraction of sp³-hybridized carbons (Fsp3) is 0.250. The molecule has 2 nitrogen and oxygen atoms in total. The van der Waals surface area contributed by atoms with Gasteiger partial charge >= 0.3 is 5.97 Å². The standard InChI is InChI=1S/C20H19FO2S/c1-20(2)12-17(19(22)23-20)18(13-4-8-15(21)9-5-13)14-6-10-16(24-3)11-7-14/h4-11H,12H2,1-3H3/b18-17+. The minimum atomic E-state index is -0.517. The Morgan fingerprint density at radius 2 is 1.58 bits per heavy atom. The number of carbonyl (C=O) groups excluding carboxylic acids is 1. The van der Waals surface area contributed by atoms with Crippen molar-refractivity contribution in [2.75, 3.05) is 6.26 Å². The fourth-order valence-corrected chi connectivity index (χ4v) is 3.33. The highest BCUT2D eigenvalue weighted by Crippen LogP contribution is 2.38. The van der Waals surface area contributed by atoms with Crippen LogP contribution in [0.1, 0.15) is 31.4 Å². The zero-order valence-electron chi connectivity index (χ0n) is 13.9. The monoisotopic (exact) mass is 342 g/mol. The van der Waals surface area contributed by atoms with E-state index < -0.39 is 5.60 Å². The maximum absolute atomic E-state index is 13.3. The normalized spacial score (nSPS) is 18.4. The lowest BCUT2D eigenvalue weighted by molar-refractivity contribution is -0.143. The summed E-state index contributed by atoms with van der Waals surface area (Å²) in [4.78, 5) is 13.6. The zero-order valence-corrected chi connectivity index (χ0v) is 14.7. The predicted octanol–water partition coefficient (Wildman–Crippen LogP) is 5.08. The van der Waals surface area contributed by atoms with Crippen molar-refractivity contribution in [3.05, 3.63) is 71.0 Å². The number of rotatable bonds is 3. The summed E-state index contributed by atoms with van der Waals surface area (Å²) in [7, 11) is 0. The topological polar surface area (TPSA) is 26.3 Å². The Kier molecular flexibility index (Phi) is 4.50. The highest BCUT2D eigenvalue weighted by molar-refractivity contribution is 7.98. The summed E-state index contributed by atoms with van der Waals surface area (Å²) in [6.07, 6.45) is 2.55. The minimum absolute atomic E-state index is 0.296. The number of hydrogen-bond acceptors (Lipinski definition) is 3. The van der Waals surface area contributed by atoms with E-state index in [1.54, 1.807) is 23.9 Å². The molecule has 0 spiro atoms. The van der Waals surface area contributed by atoms with Crippen LogP contribution in [0.5, 0.6) is 0 Å². The summed E-state index contributed by atoms with van der Waals surface area (Å²) < 4.78 is 18.8. The molecule has 1 aliphatic heterocycles. The van der Waals surface area contributed by atoms with Crippen LogP contribution in [0, 0.1) is 5.82 Å². The van der Waals surface area contributed by atoms with E-state index in [2.05, 4.69) is 0 Å². The number of ether oxygens (including phenoxy) is 1. The molecule has 3 rings (SSSR count). The molecule has 1 saturated heterocycles. The lowest BCUT2D eigenvalue weighted by Crippen LogP contribution is -2.17. The van der Waals surface area contributed by atoms with E-state index in [9.17, 15) is 9.18 Å². The Balaban J connectivity index is 2.17. The van der Waals surface area contributed by atoms with Crippen molar-refractivity contribution in [3.8, 4) is 0 Å². The molecule has 124 valence electrons. The zero-order chi connectivity index (χ0) is 17.3. The van der Waals surface area contributed by atoms with Gasteiger partial charge in [-0.15, -0.1) is 11.8 Å². The second-order valence-corrected chi connectivity index (χ2v) is 7.29. The predicted molar refractivity (Wildman–Crippen MR) is 95.4 cm³/mol. The summed E-state index contributed by atoms with van der Waals surface area (Å²) in [6, 6.07) is 14.3. The van der Waals surface area contributed by atoms with Crippen LogP contribution in [0.4, 0.5) is 4.39 Å². The van der Waals surface area contributed by atoms with E-state index in [4.69, 9.17) is 4.74 Å². The number of benzene rings is 2. The summed E-state index contributed by atoms with van der Waals surface area (Å²) in [5.74, 6) is -0.594. The van der Waals surface area contributed by atoms with E-state index in [-0.39, 0.29) is 11.8 Å². The highest BCUT2D eigenvalue weighted by Gasteiger charge is 2.37. The average Bonchev–Trinajstić information content (AvgIpc) is 2.83. The molecule has 0 bridgehead atoms. The largest absolute Gasteiger partial charge is 0.456 e. The van der Waals surface area contributed by atoms with Crippen molar-refractivity contribution >= 4 is 23.3 Å². The van der Waals surface area contributed by atoms with Gasteiger partial charge in [-0.3, -0.25) is 0 Å². The first-order chi connectivity index (χ1) is 11.4. The van der Waals surface area contributed by atoms with Crippen molar-refractivity contribution in [3.63, 3.8) is 0 Å². The van der Waals surface area contributed by atoms with Crippen LogP contribution in [0.25, 0.3) is 5.57 Å². The minimum Gasteiger partial charge on any atom is -0.456 e. The second-order valence-electron chi connectivity index (χ2n) is 6.41. The first-order valence-electron chi connectivity index (χ1n) is 7.76.